The van der Waals surface area contributed by atoms with Crippen LogP contribution in [0.1, 0.15) is 35.2 Å². The van der Waals surface area contributed by atoms with Crippen LogP contribution in [0, 0.1) is 0 Å². The van der Waals surface area contributed by atoms with E-state index in [1.54, 1.807) is 42.5 Å². The molecule has 0 unspecified atom stereocenters. The molecule has 1 saturated carbocycles. The van der Waals surface area contributed by atoms with Gasteiger partial charge < -0.3 is 15.7 Å². The van der Waals surface area contributed by atoms with E-state index in [2.05, 4.69) is 10.6 Å². The van der Waals surface area contributed by atoms with Crippen molar-refractivity contribution in [3.8, 4) is 5.75 Å². The average Bonchev–Trinajstić information content (AvgIpc) is 3.38. The van der Waals surface area contributed by atoms with Gasteiger partial charge >= 0.3 is 0 Å². The molecule has 0 aliphatic heterocycles. The Kier molecular flexibility index (Phi) is 4.79. The highest BCUT2D eigenvalue weighted by atomic mass is 16.3. The minimum atomic E-state index is -0.155. The van der Waals surface area contributed by atoms with E-state index < -0.39 is 0 Å². The van der Waals surface area contributed by atoms with Gasteiger partial charge in [-0.3, -0.25) is 9.59 Å². The van der Waals surface area contributed by atoms with Crippen molar-refractivity contribution in [2.45, 2.75) is 31.7 Å². The van der Waals surface area contributed by atoms with Gasteiger partial charge in [-0.2, -0.15) is 0 Å². The fraction of sp³-hybridized carbons (Fsp3) is 0.263. The summed E-state index contributed by atoms with van der Waals surface area (Å²) >= 11 is 0. The van der Waals surface area contributed by atoms with Gasteiger partial charge in [-0.1, -0.05) is 24.3 Å². The lowest BCUT2D eigenvalue weighted by molar-refractivity contribution is -0.116. The van der Waals surface area contributed by atoms with E-state index in [-0.39, 0.29) is 24.0 Å². The number of carbonyl (C=O) groups excluding carboxylic acids is 2. The Balaban J connectivity index is 1.56. The number of para-hydroxylation sites is 1. The van der Waals surface area contributed by atoms with E-state index in [4.69, 9.17) is 0 Å². The normalized spacial score (nSPS) is 13.3. The first kappa shape index (κ1) is 16.1. The van der Waals surface area contributed by atoms with Crippen molar-refractivity contribution < 1.29 is 14.7 Å². The molecule has 0 aromatic heterocycles. The Morgan fingerprint density at radius 1 is 1.08 bits per heavy atom. The van der Waals surface area contributed by atoms with Crippen molar-refractivity contribution in [3.05, 3.63) is 59.7 Å². The highest BCUT2D eigenvalue weighted by Gasteiger charge is 2.23. The molecule has 124 valence electrons. The number of aryl methyl sites for hydroxylation is 1. The van der Waals surface area contributed by atoms with Crippen LogP contribution in [-0.4, -0.2) is 23.0 Å². The molecule has 1 aliphatic rings. The maximum absolute atomic E-state index is 12.1. The fourth-order valence-corrected chi connectivity index (χ4v) is 2.43. The molecule has 0 saturated heterocycles. The lowest BCUT2D eigenvalue weighted by Crippen LogP contribution is -2.25. The van der Waals surface area contributed by atoms with E-state index >= 15 is 0 Å². The smallest absolute Gasteiger partial charge is 0.251 e. The van der Waals surface area contributed by atoms with E-state index in [1.165, 1.54) is 0 Å². The van der Waals surface area contributed by atoms with Gasteiger partial charge in [-0.15, -0.1) is 0 Å². The number of benzene rings is 2. The predicted molar refractivity (Wildman–Crippen MR) is 92.0 cm³/mol. The molecule has 5 nitrogen and oxygen atoms in total. The van der Waals surface area contributed by atoms with Crippen molar-refractivity contribution >= 4 is 17.5 Å². The van der Waals surface area contributed by atoms with E-state index in [0.717, 1.165) is 18.4 Å². The number of aromatic hydroxyl groups is 1. The molecule has 2 aromatic rings. The van der Waals surface area contributed by atoms with E-state index in [0.29, 0.717) is 23.7 Å². The molecular formula is C19H20N2O3. The Morgan fingerprint density at radius 2 is 1.88 bits per heavy atom. The average molecular weight is 324 g/mol. The van der Waals surface area contributed by atoms with Crippen molar-refractivity contribution in [2.75, 3.05) is 5.32 Å². The summed E-state index contributed by atoms with van der Waals surface area (Å²) in [5.41, 5.74) is 1.88. The van der Waals surface area contributed by atoms with Crippen molar-refractivity contribution in [2.24, 2.45) is 0 Å². The number of phenolic OH excluding ortho intramolecular Hbond substituents is 1. The molecule has 0 radical (unpaired) electrons. The van der Waals surface area contributed by atoms with Crippen LogP contribution in [0.15, 0.2) is 48.5 Å². The topological polar surface area (TPSA) is 78.4 Å². The first-order chi connectivity index (χ1) is 11.6. The summed E-state index contributed by atoms with van der Waals surface area (Å²) < 4.78 is 0. The Morgan fingerprint density at radius 3 is 2.62 bits per heavy atom. The third-order valence-electron chi connectivity index (χ3n) is 3.93. The van der Waals surface area contributed by atoms with Crippen LogP contribution in [0.4, 0.5) is 5.69 Å². The molecule has 3 N–H and O–H groups in total. The number of anilines is 1. The highest BCUT2D eigenvalue weighted by molar-refractivity contribution is 5.97. The molecule has 3 rings (SSSR count). The third-order valence-corrected chi connectivity index (χ3v) is 3.93. The van der Waals surface area contributed by atoms with Gasteiger partial charge in [0.1, 0.15) is 5.75 Å². The number of rotatable bonds is 6. The molecule has 1 fully saturated rings. The van der Waals surface area contributed by atoms with Crippen LogP contribution < -0.4 is 10.6 Å². The zero-order valence-electron chi connectivity index (χ0n) is 13.3. The summed E-state index contributed by atoms with van der Waals surface area (Å²) in [6.45, 7) is 0. The number of hydrogen-bond donors (Lipinski definition) is 3. The number of hydrogen-bond acceptors (Lipinski definition) is 3. The number of amides is 2. The molecule has 0 bridgehead atoms. The lowest BCUT2D eigenvalue weighted by atomic mass is 10.1. The van der Waals surface area contributed by atoms with Gasteiger partial charge in [0, 0.05) is 23.7 Å². The molecule has 0 atom stereocenters. The molecule has 1 aliphatic carbocycles. The van der Waals surface area contributed by atoms with Crippen LogP contribution in [-0.2, 0) is 11.2 Å². The summed E-state index contributed by atoms with van der Waals surface area (Å²) in [7, 11) is 0. The maximum Gasteiger partial charge on any atom is 0.251 e. The fourth-order valence-electron chi connectivity index (χ4n) is 2.43. The lowest BCUT2D eigenvalue weighted by Gasteiger charge is -2.08. The van der Waals surface area contributed by atoms with Gasteiger partial charge in [0.15, 0.2) is 0 Å². The molecule has 0 spiro atoms. The van der Waals surface area contributed by atoms with Gasteiger partial charge in [-0.05, 0) is 49.1 Å². The molecule has 0 heterocycles. The number of carbonyl (C=O) groups is 2. The molecule has 2 amide bonds. The Labute approximate surface area is 140 Å². The Hall–Kier alpha value is -2.82. The summed E-state index contributed by atoms with van der Waals surface area (Å²) in [4.78, 5) is 24.1. The predicted octanol–water partition coefficient (Wildman–Crippen LogP) is 2.86. The van der Waals surface area contributed by atoms with Gasteiger partial charge in [0.05, 0.1) is 0 Å². The molecular weight excluding hydrogens is 304 g/mol. The second-order valence-electron chi connectivity index (χ2n) is 6.01. The molecule has 5 heteroatoms. The molecule has 24 heavy (non-hydrogen) atoms. The van der Waals surface area contributed by atoms with E-state index in [9.17, 15) is 14.7 Å². The second kappa shape index (κ2) is 7.17. The van der Waals surface area contributed by atoms with Gasteiger partial charge in [0.25, 0.3) is 5.91 Å². The van der Waals surface area contributed by atoms with Crippen LogP contribution in [0.5, 0.6) is 5.75 Å². The minimum Gasteiger partial charge on any atom is -0.508 e. The van der Waals surface area contributed by atoms with Crippen LogP contribution in [0.25, 0.3) is 0 Å². The summed E-state index contributed by atoms with van der Waals surface area (Å²) in [5.74, 6) is -0.0649. The summed E-state index contributed by atoms with van der Waals surface area (Å²) in [6, 6.07) is 14.2. The quantitative estimate of drug-likeness (QED) is 0.764. The molecule has 2 aromatic carbocycles. The largest absolute Gasteiger partial charge is 0.508 e. The second-order valence-corrected chi connectivity index (χ2v) is 6.01. The Bertz CT molecular complexity index is 754. The van der Waals surface area contributed by atoms with Crippen LogP contribution in [0.2, 0.25) is 0 Å². The number of phenols is 1. The van der Waals surface area contributed by atoms with Gasteiger partial charge in [-0.25, -0.2) is 0 Å². The first-order valence-electron chi connectivity index (χ1n) is 8.09. The number of nitrogens with one attached hydrogen (secondary N) is 2. The third kappa shape index (κ3) is 4.35. The summed E-state index contributed by atoms with van der Waals surface area (Å²) in [6.07, 6.45) is 2.79. The zero-order valence-corrected chi connectivity index (χ0v) is 13.3. The minimum absolute atomic E-state index is 0.109. The van der Waals surface area contributed by atoms with Crippen molar-refractivity contribution in [1.82, 2.24) is 5.32 Å². The van der Waals surface area contributed by atoms with Crippen LogP contribution in [0.3, 0.4) is 0 Å². The van der Waals surface area contributed by atoms with E-state index in [1.807, 2.05) is 6.07 Å². The van der Waals surface area contributed by atoms with Crippen molar-refractivity contribution in [3.63, 3.8) is 0 Å². The van der Waals surface area contributed by atoms with Crippen molar-refractivity contribution in [1.29, 1.82) is 0 Å². The summed E-state index contributed by atoms with van der Waals surface area (Å²) in [5, 5.41) is 15.4. The first-order valence-corrected chi connectivity index (χ1v) is 8.09. The SMILES string of the molecule is O=C(CCc1ccccc1O)Nc1cccc(C(=O)NC2CC2)c1. The standard InChI is InChI=1S/C19H20N2O3/c22-17-7-2-1-4-13(17)8-11-18(23)20-16-6-3-5-14(12-16)19(24)21-15-9-10-15/h1-7,12,15,22H,8-11H2,(H,20,23)(H,21,24). The maximum atomic E-state index is 12.1. The highest BCUT2D eigenvalue weighted by Crippen LogP contribution is 2.20. The monoisotopic (exact) mass is 324 g/mol. The van der Waals surface area contributed by atoms with Crippen LogP contribution >= 0.6 is 0 Å². The van der Waals surface area contributed by atoms with Gasteiger partial charge in [0.2, 0.25) is 5.91 Å². The zero-order chi connectivity index (χ0) is 16.9.